The Balaban J connectivity index is 0.873. The molecule has 86 heavy (non-hydrogen) atoms. The summed E-state index contributed by atoms with van der Waals surface area (Å²) in [5, 5.41) is 0. The summed E-state index contributed by atoms with van der Waals surface area (Å²) in [5.41, 5.74) is 5.46. The van der Waals surface area contributed by atoms with Crippen molar-refractivity contribution in [3.8, 4) is 11.5 Å². The van der Waals surface area contributed by atoms with E-state index in [2.05, 4.69) is 0 Å². The number of ether oxygens (including phenoxy) is 10. The van der Waals surface area contributed by atoms with Crippen LogP contribution in [-0.4, -0.2) is 107 Å². The van der Waals surface area contributed by atoms with Gasteiger partial charge in [0.25, 0.3) is 0 Å². The molecule has 2 heterocycles. The molecule has 20 heteroatoms. The zero-order valence-corrected chi connectivity index (χ0v) is 49.5. The number of rotatable bonds is 34. The molecule has 0 bridgehead atoms. The van der Waals surface area contributed by atoms with E-state index in [4.69, 9.17) is 56.4 Å². The van der Waals surface area contributed by atoms with E-state index in [0.717, 1.165) is 33.4 Å². The maximum absolute atomic E-state index is 12.2. The lowest BCUT2D eigenvalue weighted by Gasteiger charge is -2.46. The molecule has 18 nitrogen and oxygen atoms in total. The standard InChI is InChI=1S/C66H76O18P2/c67-85(68,69)81-47-59-63(77-43-51-26-11-3-12-27-51)65(79-45-53-30-15-5-16-31-53)61(75-41-49-22-7-1-8-23-49)57(83-59)36-20-38-73-55-34-19-35-56(40-55)74-39-21-37-58-62(76-42-50-24-9-2-10-25-50)66(80-46-54-32-17-6-18-33-54)64(60(84-58)48-82-86(70,71)72)78-44-52-28-13-4-14-29-52/h1-19,22-35,40,57-66H,20-21,36-39,41-48H2,(H2,67,68,69)(H2,70,71,72). The van der Waals surface area contributed by atoms with Crippen molar-refractivity contribution in [2.45, 2.75) is 126 Å². The molecule has 10 unspecified atom stereocenters. The lowest BCUT2D eigenvalue weighted by Crippen LogP contribution is -2.61. The van der Waals surface area contributed by atoms with Gasteiger partial charge in [0.05, 0.1) is 78.3 Å². The molecule has 0 amide bonds. The molecule has 0 aromatic heterocycles. The smallest absolute Gasteiger partial charge is 0.469 e. The van der Waals surface area contributed by atoms with E-state index in [0.29, 0.717) is 37.2 Å². The molecule has 0 spiro atoms. The second kappa shape index (κ2) is 33.4. The average molecular weight is 1220 g/mol. The topological polar surface area (TPSA) is 226 Å². The molecule has 4 N–H and O–H groups in total. The van der Waals surface area contributed by atoms with Crippen LogP contribution < -0.4 is 9.47 Å². The first kappa shape index (κ1) is 64.5. The van der Waals surface area contributed by atoms with Crippen molar-refractivity contribution in [1.82, 2.24) is 0 Å². The van der Waals surface area contributed by atoms with Gasteiger partial charge in [0.15, 0.2) is 0 Å². The monoisotopic (exact) mass is 1220 g/mol. The summed E-state index contributed by atoms with van der Waals surface area (Å²) in [6, 6.07) is 65.4. The number of hydrogen-bond acceptors (Lipinski definition) is 14. The average Bonchev–Trinajstić information content (AvgIpc) is 1.64. The summed E-state index contributed by atoms with van der Waals surface area (Å²) in [5.74, 6) is 1.13. The Morgan fingerprint density at radius 3 is 0.849 bits per heavy atom. The van der Waals surface area contributed by atoms with Crippen LogP contribution in [0.4, 0.5) is 0 Å². The second-order valence-electron chi connectivity index (χ2n) is 21.0. The summed E-state index contributed by atoms with van der Waals surface area (Å²) < 4.78 is 101. The fraction of sp³-hybridized carbons (Fsp3) is 0.364. The molecular formula is C66H76O18P2. The van der Waals surface area contributed by atoms with Crippen LogP contribution in [-0.2, 0) is 95.7 Å². The van der Waals surface area contributed by atoms with Gasteiger partial charge < -0.3 is 66.9 Å². The van der Waals surface area contributed by atoms with E-state index in [1.807, 2.05) is 200 Å². The molecule has 7 aromatic carbocycles. The highest BCUT2D eigenvalue weighted by Gasteiger charge is 2.50. The van der Waals surface area contributed by atoms with Crippen molar-refractivity contribution in [2.24, 2.45) is 0 Å². The quantitative estimate of drug-likeness (QED) is 0.0217. The third kappa shape index (κ3) is 21.1. The van der Waals surface area contributed by atoms with Gasteiger partial charge in [0.2, 0.25) is 0 Å². The van der Waals surface area contributed by atoms with Gasteiger partial charge in [-0.1, -0.05) is 188 Å². The summed E-state index contributed by atoms with van der Waals surface area (Å²) >= 11 is 0. The van der Waals surface area contributed by atoms with Gasteiger partial charge in [-0.05, 0) is 71.2 Å². The van der Waals surface area contributed by atoms with Crippen LogP contribution in [0.2, 0.25) is 0 Å². The largest absolute Gasteiger partial charge is 0.493 e. The number of phosphoric acid groups is 2. The van der Waals surface area contributed by atoms with Crippen LogP contribution in [0.25, 0.3) is 0 Å². The molecular weight excluding hydrogens is 1140 g/mol. The van der Waals surface area contributed by atoms with Gasteiger partial charge in [-0.2, -0.15) is 0 Å². The molecule has 2 saturated heterocycles. The molecule has 2 aliphatic rings. The summed E-state index contributed by atoms with van der Waals surface area (Å²) in [4.78, 5) is 39.6. The Morgan fingerprint density at radius 2 is 0.581 bits per heavy atom. The number of phosphoric ester groups is 2. The van der Waals surface area contributed by atoms with Crippen molar-refractivity contribution in [2.75, 3.05) is 26.4 Å². The van der Waals surface area contributed by atoms with E-state index in [-0.39, 0.29) is 52.9 Å². The van der Waals surface area contributed by atoms with Crippen molar-refractivity contribution in [3.05, 3.63) is 240 Å². The highest BCUT2D eigenvalue weighted by atomic mass is 31.2. The van der Waals surface area contributed by atoms with E-state index in [1.165, 1.54) is 0 Å². The van der Waals surface area contributed by atoms with Gasteiger partial charge in [-0.15, -0.1) is 0 Å². The lowest BCUT2D eigenvalue weighted by atomic mass is 9.92. The molecule has 2 aliphatic heterocycles. The first-order valence-electron chi connectivity index (χ1n) is 28.9. The van der Waals surface area contributed by atoms with Crippen molar-refractivity contribution in [3.63, 3.8) is 0 Å². The van der Waals surface area contributed by atoms with Crippen LogP contribution in [0.3, 0.4) is 0 Å². The molecule has 7 aromatic rings. The Kier molecular flexibility index (Phi) is 25.1. The Bertz CT molecular complexity index is 2900. The second-order valence-corrected chi connectivity index (χ2v) is 23.5. The van der Waals surface area contributed by atoms with E-state index in [9.17, 15) is 28.7 Å². The highest BCUT2D eigenvalue weighted by Crippen LogP contribution is 2.41. The predicted molar refractivity (Wildman–Crippen MR) is 319 cm³/mol. The van der Waals surface area contributed by atoms with Gasteiger partial charge in [0, 0.05) is 6.07 Å². The van der Waals surface area contributed by atoms with Crippen LogP contribution in [0.5, 0.6) is 11.5 Å². The van der Waals surface area contributed by atoms with Crippen LogP contribution in [0.15, 0.2) is 206 Å². The third-order valence-electron chi connectivity index (χ3n) is 14.6. The fourth-order valence-electron chi connectivity index (χ4n) is 10.4. The summed E-state index contributed by atoms with van der Waals surface area (Å²) in [7, 11) is -9.84. The normalized spacial score (nSPS) is 22.5. The molecule has 2 fully saturated rings. The van der Waals surface area contributed by atoms with E-state index >= 15 is 0 Å². The zero-order chi connectivity index (χ0) is 59.8. The van der Waals surface area contributed by atoms with Crippen molar-refractivity contribution < 1.29 is 85.1 Å². The van der Waals surface area contributed by atoms with Crippen molar-refractivity contribution in [1.29, 1.82) is 0 Å². The predicted octanol–water partition coefficient (Wildman–Crippen LogP) is 11.3. The van der Waals surface area contributed by atoms with Crippen LogP contribution in [0.1, 0.15) is 59.1 Å². The molecule has 0 radical (unpaired) electrons. The first-order valence-corrected chi connectivity index (χ1v) is 31.9. The molecule has 458 valence electrons. The molecule has 9 rings (SSSR count). The van der Waals surface area contributed by atoms with Gasteiger partial charge in [0.1, 0.15) is 60.3 Å². The molecule has 0 saturated carbocycles. The molecule has 0 aliphatic carbocycles. The minimum atomic E-state index is -4.92. The Hall–Kier alpha value is -5.96. The third-order valence-corrected chi connectivity index (χ3v) is 15.6. The lowest BCUT2D eigenvalue weighted by molar-refractivity contribution is -0.270. The van der Waals surface area contributed by atoms with Crippen LogP contribution >= 0.6 is 15.6 Å². The van der Waals surface area contributed by atoms with Crippen LogP contribution in [0, 0.1) is 0 Å². The van der Waals surface area contributed by atoms with Gasteiger partial charge in [-0.3, -0.25) is 9.05 Å². The van der Waals surface area contributed by atoms with Gasteiger partial charge in [-0.25, -0.2) is 9.13 Å². The highest BCUT2D eigenvalue weighted by molar-refractivity contribution is 7.46. The fourth-order valence-corrected chi connectivity index (χ4v) is 11.1. The molecule has 10 atom stereocenters. The minimum Gasteiger partial charge on any atom is -0.493 e. The maximum Gasteiger partial charge on any atom is 0.469 e. The van der Waals surface area contributed by atoms with E-state index < -0.39 is 89.9 Å². The Morgan fingerprint density at radius 1 is 0.326 bits per heavy atom. The number of benzene rings is 7. The van der Waals surface area contributed by atoms with E-state index in [1.54, 1.807) is 6.07 Å². The minimum absolute atomic E-state index is 0.163. The van der Waals surface area contributed by atoms with Crippen molar-refractivity contribution >= 4 is 15.6 Å². The first-order chi connectivity index (χ1) is 41.9. The zero-order valence-electron chi connectivity index (χ0n) is 47.7. The SMILES string of the molecule is O=P(O)(O)OCC1OC(CCCOc2cccc(OCCCC3OC(COP(=O)(O)O)C(OCc4ccccc4)C(OCc4ccccc4)C3OCc3ccccc3)c2)C(OCc2ccccc2)C(OCc2ccccc2)C1OCc1ccccc1. The Labute approximate surface area is 502 Å². The van der Waals surface area contributed by atoms with Gasteiger partial charge >= 0.3 is 15.6 Å². The maximum atomic E-state index is 12.2. The number of hydrogen-bond donors (Lipinski definition) is 4. The summed E-state index contributed by atoms with van der Waals surface area (Å²) in [6.45, 7) is 0.778. The summed E-state index contributed by atoms with van der Waals surface area (Å²) in [6.07, 6.45) is -6.13.